The normalized spacial score (nSPS) is 11.8. The Morgan fingerprint density at radius 2 is 1.53 bits per heavy atom. The number of hydrogen-bond acceptors (Lipinski definition) is 3. The Labute approximate surface area is 116 Å². The van der Waals surface area contributed by atoms with Gasteiger partial charge in [0, 0.05) is 6.54 Å². The van der Waals surface area contributed by atoms with Crippen LogP contribution < -0.4 is 0 Å². The predicted molar refractivity (Wildman–Crippen MR) is 79.3 cm³/mol. The summed E-state index contributed by atoms with van der Waals surface area (Å²) >= 11 is 0. The first-order valence-electron chi connectivity index (χ1n) is 7.06. The zero-order valence-electron chi connectivity index (χ0n) is 12.3. The highest BCUT2D eigenvalue weighted by Gasteiger charge is 2.11. The lowest BCUT2D eigenvalue weighted by molar-refractivity contribution is 0.0925. The zero-order valence-corrected chi connectivity index (χ0v) is 12.3. The SMILES string of the molecule is CC(C)Cc1ccc(CCN(C)C(CO)CO)cc1. The first-order chi connectivity index (χ1) is 9.06. The smallest absolute Gasteiger partial charge is 0.0609 e. The van der Waals surface area contributed by atoms with E-state index < -0.39 is 0 Å². The zero-order chi connectivity index (χ0) is 14.3. The van der Waals surface area contributed by atoms with Gasteiger partial charge in [0.1, 0.15) is 0 Å². The van der Waals surface area contributed by atoms with Crippen LogP contribution in [0.25, 0.3) is 0 Å². The molecule has 1 rings (SSSR count). The fourth-order valence-electron chi connectivity index (χ4n) is 2.14. The fraction of sp³-hybridized carbons (Fsp3) is 0.625. The maximum atomic E-state index is 9.11. The minimum atomic E-state index is -0.153. The molecule has 0 aromatic heterocycles. The number of aliphatic hydroxyl groups excluding tert-OH is 2. The third-order valence-corrected chi connectivity index (χ3v) is 3.46. The molecule has 0 unspecified atom stereocenters. The van der Waals surface area contributed by atoms with E-state index in [2.05, 4.69) is 38.1 Å². The van der Waals surface area contributed by atoms with Crippen molar-refractivity contribution < 1.29 is 10.2 Å². The van der Waals surface area contributed by atoms with E-state index in [4.69, 9.17) is 10.2 Å². The second-order valence-electron chi connectivity index (χ2n) is 5.66. The maximum Gasteiger partial charge on any atom is 0.0609 e. The Balaban J connectivity index is 2.45. The van der Waals surface area contributed by atoms with Crippen molar-refractivity contribution in [1.82, 2.24) is 4.90 Å². The number of nitrogens with zero attached hydrogens (tertiary/aromatic N) is 1. The van der Waals surface area contributed by atoms with Gasteiger partial charge in [-0.1, -0.05) is 38.1 Å². The maximum absolute atomic E-state index is 9.11. The van der Waals surface area contributed by atoms with E-state index in [0.29, 0.717) is 5.92 Å². The predicted octanol–water partition coefficient (Wildman–Crippen LogP) is 1.71. The Morgan fingerprint density at radius 3 is 2.00 bits per heavy atom. The molecule has 0 atom stereocenters. The minimum absolute atomic E-state index is 0.000324. The van der Waals surface area contributed by atoms with Gasteiger partial charge in [0.15, 0.2) is 0 Å². The molecule has 0 heterocycles. The highest BCUT2D eigenvalue weighted by molar-refractivity contribution is 5.23. The summed E-state index contributed by atoms with van der Waals surface area (Å²) in [5.41, 5.74) is 2.68. The number of aliphatic hydroxyl groups is 2. The van der Waals surface area contributed by atoms with Gasteiger partial charge >= 0.3 is 0 Å². The van der Waals surface area contributed by atoms with Gasteiger partial charge in [0.25, 0.3) is 0 Å². The van der Waals surface area contributed by atoms with Crippen molar-refractivity contribution in [2.24, 2.45) is 5.92 Å². The van der Waals surface area contributed by atoms with E-state index in [1.807, 2.05) is 11.9 Å². The molecule has 0 amide bonds. The van der Waals surface area contributed by atoms with Gasteiger partial charge < -0.3 is 10.2 Å². The highest BCUT2D eigenvalue weighted by atomic mass is 16.3. The lowest BCUT2D eigenvalue weighted by atomic mass is 10.0. The Morgan fingerprint density at radius 1 is 1.00 bits per heavy atom. The van der Waals surface area contributed by atoms with Crippen molar-refractivity contribution in [3.8, 4) is 0 Å². The molecule has 0 spiro atoms. The summed E-state index contributed by atoms with van der Waals surface area (Å²) in [5, 5.41) is 18.2. The fourth-order valence-corrected chi connectivity index (χ4v) is 2.14. The Kier molecular flexibility index (Phi) is 7.06. The molecule has 0 aliphatic heterocycles. The molecule has 19 heavy (non-hydrogen) atoms. The van der Waals surface area contributed by atoms with Gasteiger partial charge in [-0.25, -0.2) is 0 Å². The Hall–Kier alpha value is -0.900. The summed E-state index contributed by atoms with van der Waals surface area (Å²) < 4.78 is 0. The molecule has 0 bridgehead atoms. The lowest BCUT2D eigenvalue weighted by Gasteiger charge is -2.24. The van der Waals surface area contributed by atoms with Crippen molar-refractivity contribution in [1.29, 1.82) is 0 Å². The van der Waals surface area contributed by atoms with Crippen LogP contribution in [0.2, 0.25) is 0 Å². The van der Waals surface area contributed by atoms with Crippen molar-refractivity contribution in [3.63, 3.8) is 0 Å². The summed E-state index contributed by atoms with van der Waals surface area (Å²) in [6.45, 7) is 5.30. The van der Waals surface area contributed by atoms with E-state index in [9.17, 15) is 0 Å². The molecule has 108 valence electrons. The highest BCUT2D eigenvalue weighted by Crippen LogP contribution is 2.10. The van der Waals surface area contributed by atoms with Crippen LogP contribution in [0.5, 0.6) is 0 Å². The summed E-state index contributed by atoms with van der Waals surface area (Å²) in [5.74, 6) is 0.687. The van der Waals surface area contributed by atoms with Gasteiger partial charge in [-0.2, -0.15) is 0 Å². The monoisotopic (exact) mass is 265 g/mol. The quantitative estimate of drug-likeness (QED) is 0.752. The summed E-state index contributed by atoms with van der Waals surface area (Å²) in [4.78, 5) is 2.00. The van der Waals surface area contributed by atoms with Gasteiger partial charge in [0.2, 0.25) is 0 Å². The van der Waals surface area contributed by atoms with E-state index in [1.54, 1.807) is 0 Å². The van der Waals surface area contributed by atoms with Crippen LogP contribution in [0.1, 0.15) is 25.0 Å². The molecule has 0 saturated carbocycles. The molecule has 1 aromatic rings. The Bertz CT molecular complexity index is 344. The molecule has 1 aromatic carbocycles. The van der Waals surface area contributed by atoms with E-state index in [-0.39, 0.29) is 19.3 Å². The van der Waals surface area contributed by atoms with Crippen LogP contribution in [0, 0.1) is 5.92 Å². The van der Waals surface area contributed by atoms with Gasteiger partial charge in [-0.3, -0.25) is 4.90 Å². The molecule has 3 nitrogen and oxygen atoms in total. The van der Waals surface area contributed by atoms with E-state index in [1.165, 1.54) is 11.1 Å². The van der Waals surface area contributed by atoms with Crippen LogP contribution in [0.4, 0.5) is 0 Å². The lowest BCUT2D eigenvalue weighted by Crippen LogP contribution is -2.38. The number of rotatable bonds is 8. The van der Waals surface area contributed by atoms with Crippen LogP contribution in [-0.2, 0) is 12.8 Å². The number of likely N-dealkylation sites (N-methyl/N-ethyl adjacent to an activating group) is 1. The number of hydrogen-bond donors (Lipinski definition) is 2. The van der Waals surface area contributed by atoms with Gasteiger partial charge in [0.05, 0.1) is 19.3 Å². The molecule has 0 aliphatic carbocycles. The average molecular weight is 265 g/mol. The largest absolute Gasteiger partial charge is 0.395 e. The summed E-state index contributed by atoms with van der Waals surface area (Å²) in [7, 11) is 1.93. The van der Waals surface area contributed by atoms with Gasteiger partial charge in [-0.05, 0) is 36.9 Å². The molecule has 2 N–H and O–H groups in total. The van der Waals surface area contributed by atoms with Crippen LogP contribution in [0.3, 0.4) is 0 Å². The van der Waals surface area contributed by atoms with Crippen molar-refractivity contribution in [2.75, 3.05) is 26.8 Å². The minimum Gasteiger partial charge on any atom is -0.395 e. The molecule has 3 heteroatoms. The van der Waals surface area contributed by atoms with Crippen molar-refractivity contribution >= 4 is 0 Å². The standard InChI is InChI=1S/C16H27NO2/c1-13(2)10-15-6-4-14(5-7-15)8-9-17(3)16(11-18)12-19/h4-7,13,16,18-19H,8-12H2,1-3H3. The van der Waals surface area contributed by atoms with Crippen LogP contribution in [-0.4, -0.2) is 48.0 Å². The second-order valence-corrected chi connectivity index (χ2v) is 5.66. The summed E-state index contributed by atoms with van der Waals surface area (Å²) in [6.07, 6.45) is 2.06. The first-order valence-corrected chi connectivity index (χ1v) is 7.06. The topological polar surface area (TPSA) is 43.7 Å². The molecule has 0 aliphatic rings. The average Bonchev–Trinajstić information content (AvgIpc) is 2.38. The number of benzene rings is 1. The summed E-state index contributed by atoms with van der Waals surface area (Å²) in [6, 6.07) is 8.60. The molecular weight excluding hydrogens is 238 g/mol. The molecule has 0 radical (unpaired) electrons. The first kappa shape index (κ1) is 16.2. The third kappa shape index (κ3) is 5.72. The van der Waals surface area contributed by atoms with E-state index in [0.717, 1.165) is 19.4 Å². The third-order valence-electron chi connectivity index (χ3n) is 3.46. The molecule has 0 saturated heterocycles. The second kappa shape index (κ2) is 8.31. The van der Waals surface area contributed by atoms with Crippen LogP contribution in [0.15, 0.2) is 24.3 Å². The van der Waals surface area contributed by atoms with Crippen molar-refractivity contribution in [3.05, 3.63) is 35.4 Å². The van der Waals surface area contributed by atoms with Gasteiger partial charge in [-0.15, -0.1) is 0 Å². The molecular formula is C16H27NO2. The van der Waals surface area contributed by atoms with E-state index >= 15 is 0 Å². The van der Waals surface area contributed by atoms with Crippen molar-refractivity contribution in [2.45, 2.75) is 32.7 Å². The molecule has 0 fully saturated rings. The van der Waals surface area contributed by atoms with Crippen LogP contribution >= 0.6 is 0 Å².